The van der Waals surface area contributed by atoms with Crippen molar-refractivity contribution in [2.75, 3.05) is 13.1 Å². The van der Waals surface area contributed by atoms with E-state index >= 15 is 0 Å². The van der Waals surface area contributed by atoms with Gasteiger partial charge in [0.25, 0.3) is 5.91 Å². The van der Waals surface area contributed by atoms with Gasteiger partial charge in [0, 0.05) is 29.6 Å². The Hall–Kier alpha value is -1.55. The number of amides is 2. The van der Waals surface area contributed by atoms with Gasteiger partial charge in [0.05, 0.1) is 0 Å². The number of benzene rings is 1. The number of rotatable bonds is 6. The largest absolute Gasteiger partial charge is 0.354 e. The van der Waals surface area contributed by atoms with Crippen LogP contribution in [-0.4, -0.2) is 24.9 Å². The Morgan fingerprint density at radius 2 is 1.74 bits per heavy atom. The fourth-order valence-corrected chi connectivity index (χ4v) is 1.55. The summed E-state index contributed by atoms with van der Waals surface area (Å²) in [7, 11) is 0. The maximum absolute atomic E-state index is 11.7. The van der Waals surface area contributed by atoms with Gasteiger partial charge in [-0.2, -0.15) is 0 Å². The molecule has 0 radical (unpaired) electrons. The average Bonchev–Trinajstić information content (AvgIpc) is 2.42. The first-order valence-corrected chi connectivity index (χ1v) is 6.74. The van der Waals surface area contributed by atoms with Crippen LogP contribution in [0.25, 0.3) is 0 Å². The molecule has 1 atom stereocenters. The van der Waals surface area contributed by atoms with Crippen molar-refractivity contribution in [1.82, 2.24) is 10.6 Å². The highest BCUT2D eigenvalue weighted by Gasteiger charge is 2.09. The maximum atomic E-state index is 11.7. The summed E-state index contributed by atoms with van der Waals surface area (Å²) in [6.45, 7) is 4.68. The van der Waals surface area contributed by atoms with Gasteiger partial charge in [0.1, 0.15) is 0 Å². The minimum Gasteiger partial charge on any atom is -0.354 e. The molecule has 1 aromatic carbocycles. The van der Waals surface area contributed by atoms with Crippen LogP contribution in [0.15, 0.2) is 24.3 Å². The molecule has 104 valence electrons. The van der Waals surface area contributed by atoms with Gasteiger partial charge in [-0.05, 0) is 30.7 Å². The molecule has 1 rings (SSSR count). The van der Waals surface area contributed by atoms with E-state index in [1.165, 1.54) is 0 Å². The highest BCUT2D eigenvalue weighted by molar-refractivity contribution is 6.30. The molecule has 5 heteroatoms. The predicted molar refractivity (Wildman–Crippen MR) is 76.2 cm³/mol. The van der Waals surface area contributed by atoms with E-state index in [9.17, 15) is 9.59 Å². The summed E-state index contributed by atoms with van der Waals surface area (Å²) in [5, 5.41) is 6.10. The molecule has 0 aliphatic heterocycles. The third-order valence-corrected chi connectivity index (χ3v) is 3.13. The minimum atomic E-state index is -0.172. The molecule has 0 aromatic heterocycles. The van der Waals surface area contributed by atoms with Crippen LogP contribution in [0.2, 0.25) is 5.02 Å². The van der Waals surface area contributed by atoms with E-state index in [0.717, 1.165) is 6.42 Å². The highest BCUT2D eigenvalue weighted by atomic mass is 35.5. The third-order valence-electron chi connectivity index (χ3n) is 2.88. The standard InChI is InChI=1S/C14H19ClN2O2/c1-3-10(2)13(18)16-8-9-17-14(19)11-4-6-12(15)7-5-11/h4-7,10H,3,8-9H2,1-2H3,(H,16,18)(H,17,19)/t10-/m1/s1. The Morgan fingerprint density at radius 1 is 1.16 bits per heavy atom. The van der Waals surface area contributed by atoms with Crippen molar-refractivity contribution in [1.29, 1.82) is 0 Å². The van der Waals surface area contributed by atoms with Crippen LogP contribution in [0.1, 0.15) is 30.6 Å². The lowest BCUT2D eigenvalue weighted by Gasteiger charge is -2.10. The number of carbonyl (C=O) groups excluding carboxylic acids is 2. The maximum Gasteiger partial charge on any atom is 0.251 e. The summed E-state index contributed by atoms with van der Waals surface area (Å²) in [6, 6.07) is 6.66. The monoisotopic (exact) mass is 282 g/mol. The Labute approximate surface area is 118 Å². The van der Waals surface area contributed by atoms with E-state index in [-0.39, 0.29) is 17.7 Å². The quantitative estimate of drug-likeness (QED) is 0.786. The molecule has 0 spiro atoms. The zero-order valence-corrected chi connectivity index (χ0v) is 12.0. The summed E-state index contributed by atoms with van der Waals surface area (Å²) in [6.07, 6.45) is 0.808. The highest BCUT2D eigenvalue weighted by Crippen LogP contribution is 2.09. The van der Waals surface area contributed by atoms with Crippen molar-refractivity contribution in [2.24, 2.45) is 5.92 Å². The lowest BCUT2D eigenvalue weighted by Crippen LogP contribution is -2.36. The molecule has 19 heavy (non-hydrogen) atoms. The SMILES string of the molecule is CC[C@@H](C)C(=O)NCCNC(=O)c1ccc(Cl)cc1. The van der Waals surface area contributed by atoms with E-state index < -0.39 is 0 Å². The van der Waals surface area contributed by atoms with Crippen LogP contribution in [0.5, 0.6) is 0 Å². The Balaban J connectivity index is 2.28. The zero-order chi connectivity index (χ0) is 14.3. The molecule has 2 N–H and O–H groups in total. The van der Waals surface area contributed by atoms with Gasteiger partial charge in [-0.15, -0.1) is 0 Å². The molecule has 0 unspecified atom stereocenters. The van der Waals surface area contributed by atoms with E-state index in [2.05, 4.69) is 10.6 Å². The first kappa shape index (κ1) is 15.5. The molecule has 0 fully saturated rings. The number of nitrogens with one attached hydrogen (secondary N) is 2. The lowest BCUT2D eigenvalue weighted by molar-refractivity contribution is -0.124. The van der Waals surface area contributed by atoms with Crippen molar-refractivity contribution >= 4 is 23.4 Å². The first-order chi connectivity index (χ1) is 9.04. The average molecular weight is 283 g/mol. The van der Waals surface area contributed by atoms with Crippen molar-refractivity contribution in [3.05, 3.63) is 34.9 Å². The van der Waals surface area contributed by atoms with Crippen LogP contribution < -0.4 is 10.6 Å². The molecule has 0 saturated carbocycles. The van der Waals surface area contributed by atoms with Gasteiger partial charge >= 0.3 is 0 Å². The molecule has 2 amide bonds. The van der Waals surface area contributed by atoms with Gasteiger partial charge in [-0.1, -0.05) is 25.4 Å². The molecule has 0 bridgehead atoms. The molecular weight excluding hydrogens is 264 g/mol. The Kier molecular flexibility index (Phi) is 6.36. The molecule has 0 aliphatic carbocycles. The molecule has 0 aliphatic rings. The van der Waals surface area contributed by atoms with Gasteiger partial charge < -0.3 is 10.6 Å². The topological polar surface area (TPSA) is 58.2 Å². The predicted octanol–water partition coefficient (Wildman–Crippen LogP) is 2.23. The molecule has 4 nitrogen and oxygen atoms in total. The van der Waals surface area contributed by atoms with E-state index in [1.54, 1.807) is 24.3 Å². The molecule has 1 aromatic rings. The normalized spacial score (nSPS) is 11.7. The van der Waals surface area contributed by atoms with Gasteiger partial charge in [0.15, 0.2) is 0 Å². The van der Waals surface area contributed by atoms with Gasteiger partial charge in [-0.3, -0.25) is 9.59 Å². The summed E-state index contributed by atoms with van der Waals surface area (Å²) >= 11 is 5.74. The van der Waals surface area contributed by atoms with Crippen LogP contribution in [0.4, 0.5) is 0 Å². The second kappa shape index (κ2) is 7.79. The Bertz CT molecular complexity index is 432. The molecular formula is C14H19ClN2O2. The van der Waals surface area contributed by atoms with Crippen LogP contribution in [0.3, 0.4) is 0 Å². The van der Waals surface area contributed by atoms with E-state index in [1.807, 2.05) is 13.8 Å². The molecule has 0 saturated heterocycles. The summed E-state index contributed by atoms with van der Waals surface area (Å²) in [4.78, 5) is 23.2. The van der Waals surface area contributed by atoms with Crippen molar-refractivity contribution in [3.63, 3.8) is 0 Å². The summed E-state index contributed by atoms with van der Waals surface area (Å²) < 4.78 is 0. The van der Waals surface area contributed by atoms with Crippen LogP contribution >= 0.6 is 11.6 Å². The van der Waals surface area contributed by atoms with Crippen LogP contribution in [-0.2, 0) is 4.79 Å². The fraction of sp³-hybridized carbons (Fsp3) is 0.429. The second-order valence-electron chi connectivity index (χ2n) is 4.36. The van der Waals surface area contributed by atoms with Crippen LogP contribution in [0, 0.1) is 5.92 Å². The lowest BCUT2D eigenvalue weighted by atomic mass is 10.1. The zero-order valence-electron chi connectivity index (χ0n) is 11.2. The Morgan fingerprint density at radius 3 is 2.32 bits per heavy atom. The molecule has 0 heterocycles. The van der Waals surface area contributed by atoms with Crippen molar-refractivity contribution < 1.29 is 9.59 Å². The first-order valence-electron chi connectivity index (χ1n) is 6.36. The van der Waals surface area contributed by atoms with Gasteiger partial charge in [0.2, 0.25) is 5.91 Å². The number of hydrogen-bond donors (Lipinski definition) is 2. The van der Waals surface area contributed by atoms with Crippen molar-refractivity contribution in [3.8, 4) is 0 Å². The number of carbonyl (C=O) groups is 2. The number of halogens is 1. The second-order valence-corrected chi connectivity index (χ2v) is 4.80. The fourth-order valence-electron chi connectivity index (χ4n) is 1.42. The number of hydrogen-bond acceptors (Lipinski definition) is 2. The van der Waals surface area contributed by atoms with E-state index in [0.29, 0.717) is 23.7 Å². The smallest absolute Gasteiger partial charge is 0.251 e. The minimum absolute atomic E-state index is 0.00645. The van der Waals surface area contributed by atoms with E-state index in [4.69, 9.17) is 11.6 Å². The summed E-state index contributed by atoms with van der Waals surface area (Å²) in [5.74, 6) is -0.148. The van der Waals surface area contributed by atoms with Gasteiger partial charge in [-0.25, -0.2) is 0 Å². The van der Waals surface area contributed by atoms with Crippen molar-refractivity contribution in [2.45, 2.75) is 20.3 Å². The summed E-state index contributed by atoms with van der Waals surface area (Å²) in [5.41, 5.74) is 0.553. The third kappa shape index (κ3) is 5.30.